The molecule has 1 heterocycles. The fourth-order valence-corrected chi connectivity index (χ4v) is 2.72. The summed E-state index contributed by atoms with van der Waals surface area (Å²) in [6.45, 7) is 9.58. The van der Waals surface area contributed by atoms with Crippen LogP contribution >= 0.6 is 0 Å². The lowest BCUT2D eigenvalue weighted by Crippen LogP contribution is -2.46. The second-order valence-corrected chi connectivity index (χ2v) is 5.51. The van der Waals surface area contributed by atoms with Crippen LogP contribution in [0.1, 0.15) is 25.8 Å². The number of hydrogen-bond donors (Lipinski definition) is 1. The molecule has 1 aliphatic rings. The number of nitrogens with one attached hydrogen (secondary N) is 1. The molecular weight excluding hydrogens is 272 g/mol. The number of benzene rings is 1. The predicted molar refractivity (Wildman–Crippen MR) is 82.7 cm³/mol. The monoisotopic (exact) mass is 297 g/mol. The van der Waals surface area contributed by atoms with Crippen LogP contribution in [0.15, 0.2) is 12.1 Å². The number of piperazine rings is 1. The SMILES string of the molecule is CCCNCc1cc(F)c(N2CCN(CC)CC2)c(F)c1. The maximum Gasteiger partial charge on any atom is 0.149 e. The third-order valence-corrected chi connectivity index (χ3v) is 3.97. The van der Waals surface area contributed by atoms with E-state index >= 15 is 0 Å². The molecule has 1 saturated heterocycles. The number of rotatable bonds is 6. The number of nitrogens with zero attached hydrogens (tertiary/aromatic N) is 2. The van der Waals surface area contributed by atoms with Crippen LogP contribution in [0, 0.1) is 11.6 Å². The molecule has 5 heteroatoms. The van der Waals surface area contributed by atoms with E-state index in [0.717, 1.165) is 32.6 Å². The van der Waals surface area contributed by atoms with Gasteiger partial charge in [-0.05, 0) is 37.2 Å². The maximum absolute atomic E-state index is 14.3. The highest BCUT2D eigenvalue weighted by Gasteiger charge is 2.22. The lowest BCUT2D eigenvalue weighted by Gasteiger charge is -2.35. The van der Waals surface area contributed by atoms with Crippen LogP contribution < -0.4 is 10.2 Å². The van der Waals surface area contributed by atoms with Gasteiger partial charge >= 0.3 is 0 Å². The van der Waals surface area contributed by atoms with Gasteiger partial charge in [0.2, 0.25) is 0 Å². The topological polar surface area (TPSA) is 18.5 Å². The minimum absolute atomic E-state index is 0.130. The standard InChI is InChI=1S/C16H25F2N3/c1-3-5-19-12-13-10-14(17)16(15(18)11-13)21-8-6-20(4-2)7-9-21/h10-11,19H,3-9,12H2,1-2H3. The molecule has 1 fully saturated rings. The molecule has 21 heavy (non-hydrogen) atoms. The van der Waals surface area contributed by atoms with E-state index in [-0.39, 0.29) is 5.69 Å². The summed E-state index contributed by atoms with van der Waals surface area (Å²) < 4.78 is 28.5. The normalized spacial score (nSPS) is 16.5. The molecule has 1 aromatic rings. The van der Waals surface area contributed by atoms with Gasteiger partial charge in [0.15, 0.2) is 0 Å². The van der Waals surface area contributed by atoms with E-state index < -0.39 is 11.6 Å². The lowest BCUT2D eigenvalue weighted by molar-refractivity contribution is 0.269. The highest BCUT2D eigenvalue weighted by atomic mass is 19.1. The number of hydrogen-bond acceptors (Lipinski definition) is 3. The first-order valence-electron chi connectivity index (χ1n) is 7.81. The van der Waals surface area contributed by atoms with Crippen molar-refractivity contribution in [2.24, 2.45) is 0 Å². The van der Waals surface area contributed by atoms with Crippen molar-refractivity contribution in [3.63, 3.8) is 0 Å². The van der Waals surface area contributed by atoms with Crippen molar-refractivity contribution < 1.29 is 8.78 Å². The molecule has 0 saturated carbocycles. The van der Waals surface area contributed by atoms with E-state index in [1.54, 1.807) is 0 Å². The Morgan fingerprint density at radius 1 is 1.05 bits per heavy atom. The minimum Gasteiger partial charge on any atom is -0.364 e. The van der Waals surface area contributed by atoms with E-state index in [4.69, 9.17) is 0 Å². The predicted octanol–water partition coefficient (Wildman–Crippen LogP) is 2.61. The van der Waals surface area contributed by atoms with Gasteiger partial charge in [-0.2, -0.15) is 0 Å². The van der Waals surface area contributed by atoms with Gasteiger partial charge in [-0.3, -0.25) is 0 Å². The van der Waals surface area contributed by atoms with Crippen molar-refractivity contribution in [1.82, 2.24) is 10.2 Å². The van der Waals surface area contributed by atoms with Crippen LogP contribution in [-0.4, -0.2) is 44.2 Å². The van der Waals surface area contributed by atoms with Crippen LogP contribution in [-0.2, 0) is 6.54 Å². The second-order valence-electron chi connectivity index (χ2n) is 5.51. The number of likely N-dealkylation sites (N-methyl/N-ethyl adjacent to an activating group) is 1. The van der Waals surface area contributed by atoms with E-state index in [9.17, 15) is 8.78 Å². The lowest BCUT2D eigenvalue weighted by atomic mass is 10.1. The smallest absolute Gasteiger partial charge is 0.149 e. The van der Waals surface area contributed by atoms with Gasteiger partial charge < -0.3 is 15.1 Å². The van der Waals surface area contributed by atoms with Crippen molar-refractivity contribution in [2.75, 3.05) is 44.2 Å². The minimum atomic E-state index is -0.451. The Bertz CT molecular complexity index is 434. The van der Waals surface area contributed by atoms with Crippen LogP contribution in [0.25, 0.3) is 0 Å². The Kier molecular flexibility index (Phi) is 5.94. The summed E-state index contributed by atoms with van der Waals surface area (Å²) in [5.41, 5.74) is 0.791. The quantitative estimate of drug-likeness (QED) is 0.814. The maximum atomic E-state index is 14.3. The fraction of sp³-hybridized carbons (Fsp3) is 0.625. The molecule has 1 N–H and O–H groups in total. The first-order chi connectivity index (χ1) is 10.2. The zero-order valence-electron chi connectivity index (χ0n) is 13.0. The van der Waals surface area contributed by atoms with Crippen LogP contribution in [0.3, 0.4) is 0 Å². The molecule has 0 bridgehead atoms. The molecule has 0 atom stereocenters. The Morgan fingerprint density at radius 3 is 2.19 bits per heavy atom. The Labute approximate surface area is 125 Å². The summed E-state index contributed by atoms with van der Waals surface area (Å²) in [5, 5.41) is 3.16. The van der Waals surface area contributed by atoms with Gasteiger partial charge in [-0.15, -0.1) is 0 Å². The van der Waals surface area contributed by atoms with Gasteiger partial charge in [0.05, 0.1) is 0 Å². The molecule has 3 nitrogen and oxygen atoms in total. The second kappa shape index (κ2) is 7.71. The van der Waals surface area contributed by atoms with Crippen LogP contribution in [0.5, 0.6) is 0 Å². The van der Waals surface area contributed by atoms with Gasteiger partial charge in [0, 0.05) is 32.7 Å². The summed E-state index contributed by atoms with van der Waals surface area (Å²) in [4.78, 5) is 4.11. The summed E-state index contributed by atoms with van der Waals surface area (Å²) >= 11 is 0. The first-order valence-corrected chi connectivity index (χ1v) is 7.81. The Hall–Kier alpha value is -1.20. The van der Waals surface area contributed by atoms with Crippen molar-refractivity contribution in [3.8, 4) is 0 Å². The summed E-state index contributed by atoms with van der Waals surface area (Å²) in [7, 11) is 0. The average molecular weight is 297 g/mol. The van der Waals surface area contributed by atoms with Gasteiger partial charge in [0.1, 0.15) is 17.3 Å². The molecule has 0 unspecified atom stereocenters. The number of anilines is 1. The van der Waals surface area contributed by atoms with Crippen LogP contribution in [0.4, 0.5) is 14.5 Å². The largest absolute Gasteiger partial charge is 0.364 e. The van der Waals surface area contributed by atoms with E-state index in [1.165, 1.54) is 12.1 Å². The Balaban J connectivity index is 2.06. The zero-order valence-corrected chi connectivity index (χ0v) is 13.0. The molecule has 1 aromatic carbocycles. The molecular formula is C16H25F2N3. The fourth-order valence-electron chi connectivity index (χ4n) is 2.72. The summed E-state index contributed by atoms with van der Waals surface area (Å²) in [6, 6.07) is 2.90. The third-order valence-electron chi connectivity index (χ3n) is 3.97. The molecule has 0 radical (unpaired) electrons. The molecule has 1 aliphatic heterocycles. The average Bonchev–Trinajstić information content (AvgIpc) is 2.47. The van der Waals surface area contributed by atoms with Crippen molar-refractivity contribution in [3.05, 3.63) is 29.3 Å². The Morgan fingerprint density at radius 2 is 1.67 bits per heavy atom. The number of halogens is 2. The molecule has 0 spiro atoms. The highest BCUT2D eigenvalue weighted by Crippen LogP contribution is 2.26. The van der Waals surface area contributed by atoms with Crippen molar-refractivity contribution in [1.29, 1.82) is 0 Å². The molecule has 2 rings (SSSR count). The third kappa shape index (κ3) is 4.14. The van der Waals surface area contributed by atoms with E-state index in [0.29, 0.717) is 25.2 Å². The molecule has 0 aliphatic carbocycles. The van der Waals surface area contributed by atoms with Crippen molar-refractivity contribution in [2.45, 2.75) is 26.8 Å². The van der Waals surface area contributed by atoms with Gasteiger partial charge in [0.25, 0.3) is 0 Å². The van der Waals surface area contributed by atoms with E-state index in [1.807, 2.05) is 4.90 Å². The summed E-state index contributed by atoms with van der Waals surface area (Å²) in [6.07, 6.45) is 1.00. The van der Waals surface area contributed by atoms with Gasteiger partial charge in [-0.1, -0.05) is 13.8 Å². The zero-order chi connectivity index (χ0) is 15.2. The van der Waals surface area contributed by atoms with E-state index in [2.05, 4.69) is 24.1 Å². The first kappa shape index (κ1) is 16.2. The van der Waals surface area contributed by atoms with Crippen molar-refractivity contribution >= 4 is 5.69 Å². The molecule has 118 valence electrons. The molecule has 0 amide bonds. The summed E-state index contributed by atoms with van der Waals surface area (Å²) in [5.74, 6) is -0.901. The molecule has 0 aromatic heterocycles. The van der Waals surface area contributed by atoms with Crippen LogP contribution in [0.2, 0.25) is 0 Å². The highest BCUT2D eigenvalue weighted by molar-refractivity contribution is 5.51. The van der Waals surface area contributed by atoms with Gasteiger partial charge in [-0.25, -0.2) is 8.78 Å².